The fraction of sp³-hybridized carbons (Fsp3) is 1.00. The molecule has 4 heteroatoms. The second-order valence-corrected chi connectivity index (χ2v) is 6.04. The van der Waals surface area contributed by atoms with Crippen LogP contribution in [-0.2, 0) is 9.47 Å². The molecule has 0 bridgehead atoms. The molecule has 0 radical (unpaired) electrons. The highest BCUT2D eigenvalue weighted by molar-refractivity contribution is 4.90. The van der Waals surface area contributed by atoms with Crippen LogP contribution < -0.4 is 5.73 Å². The third-order valence-corrected chi connectivity index (χ3v) is 3.82. The van der Waals surface area contributed by atoms with Crippen LogP contribution in [0.5, 0.6) is 0 Å². The van der Waals surface area contributed by atoms with E-state index in [4.69, 9.17) is 15.2 Å². The summed E-state index contributed by atoms with van der Waals surface area (Å²) >= 11 is 0. The molecule has 0 aromatic carbocycles. The molecule has 2 heterocycles. The van der Waals surface area contributed by atoms with Crippen LogP contribution in [0.2, 0.25) is 0 Å². The Kier molecular flexibility index (Phi) is 4.08. The second-order valence-electron chi connectivity index (χ2n) is 6.04. The van der Waals surface area contributed by atoms with Crippen molar-refractivity contribution in [2.24, 2.45) is 11.7 Å². The maximum Gasteiger partial charge on any atom is 0.0757 e. The van der Waals surface area contributed by atoms with Crippen LogP contribution in [-0.4, -0.2) is 55.5 Å². The highest BCUT2D eigenvalue weighted by atomic mass is 16.5. The molecule has 2 fully saturated rings. The minimum Gasteiger partial charge on any atom is -0.381 e. The average Bonchev–Trinajstić information content (AvgIpc) is 2.68. The lowest BCUT2D eigenvalue weighted by Crippen LogP contribution is -2.58. The van der Waals surface area contributed by atoms with Gasteiger partial charge in [-0.3, -0.25) is 4.90 Å². The fourth-order valence-electron chi connectivity index (χ4n) is 3.25. The Labute approximate surface area is 104 Å². The summed E-state index contributed by atoms with van der Waals surface area (Å²) in [5.74, 6) is 0.598. The predicted octanol–water partition coefficient (Wildman–Crippen LogP) is 0.850. The zero-order chi connectivity index (χ0) is 12.5. The van der Waals surface area contributed by atoms with E-state index in [1.54, 1.807) is 0 Å². The largest absolute Gasteiger partial charge is 0.381 e. The predicted molar refractivity (Wildman–Crippen MR) is 68.0 cm³/mol. The topological polar surface area (TPSA) is 47.7 Å². The van der Waals surface area contributed by atoms with Gasteiger partial charge in [0.25, 0.3) is 0 Å². The van der Waals surface area contributed by atoms with Gasteiger partial charge in [-0.05, 0) is 27.2 Å². The van der Waals surface area contributed by atoms with Crippen LogP contribution in [0.25, 0.3) is 0 Å². The van der Waals surface area contributed by atoms with Crippen molar-refractivity contribution in [2.45, 2.75) is 44.9 Å². The van der Waals surface area contributed by atoms with Crippen molar-refractivity contribution in [1.82, 2.24) is 4.90 Å². The van der Waals surface area contributed by atoms with Crippen molar-refractivity contribution in [3.05, 3.63) is 0 Å². The van der Waals surface area contributed by atoms with Crippen LogP contribution in [0.3, 0.4) is 0 Å². The molecule has 2 aliphatic heterocycles. The molecule has 2 N–H and O–H groups in total. The van der Waals surface area contributed by atoms with Gasteiger partial charge >= 0.3 is 0 Å². The van der Waals surface area contributed by atoms with Crippen molar-refractivity contribution < 1.29 is 9.47 Å². The quantitative estimate of drug-likeness (QED) is 0.797. The van der Waals surface area contributed by atoms with E-state index in [-0.39, 0.29) is 11.7 Å². The highest BCUT2D eigenvalue weighted by Crippen LogP contribution is 2.27. The van der Waals surface area contributed by atoms with Gasteiger partial charge in [0.15, 0.2) is 0 Å². The molecule has 17 heavy (non-hydrogen) atoms. The summed E-state index contributed by atoms with van der Waals surface area (Å²) in [6.45, 7) is 10.9. The number of ether oxygens (including phenoxy) is 2. The maximum absolute atomic E-state index is 5.98. The van der Waals surface area contributed by atoms with Crippen molar-refractivity contribution in [3.63, 3.8) is 0 Å². The zero-order valence-corrected chi connectivity index (χ0v) is 11.3. The van der Waals surface area contributed by atoms with Gasteiger partial charge in [-0.2, -0.15) is 0 Å². The highest BCUT2D eigenvalue weighted by Gasteiger charge is 2.37. The Morgan fingerprint density at radius 3 is 2.76 bits per heavy atom. The molecule has 4 nitrogen and oxygen atoms in total. The van der Waals surface area contributed by atoms with Crippen LogP contribution in [0.15, 0.2) is 0 Å². The number of hydrogen-bond acceptors (Lipinski definition) is 4. The molecule has 0 saturated carbocycles. The number of hydrogen-bond donors (Lipinski definition) is 1. The lowest BCUT2D eigenvalue weighted by Gasteiger charge is -2.46. The van der Waals surface area contributed by atoms with Gasteiger partial charge < -0.3 is 15.2 Å². The van der Waals surface area contributed by atoms with Gasteiger partial charge in [0, 0.05) is 38.2 Å². The van der Waals surface area contributed by atoms with Crippen molar-refractivity contribution >= 4 is 0 Å². The Bertz CT molecular complexity index is 252. The fourth-order valence-corrected chi connectivity index (χ4v) is 3.25. The zero-order valence-electron chi connectivity index (χ0n) is 11.3. The van der Waals surface area contributed by atoms with Crippen molar-refractivity contribution in [1.29, 1.82) is 0 Å². The first kappa shape index (κ1) is 13.3. The normalized spacial score (nSPS) is 36.0. The molecule has 2 rings (SSSR count). The summed E-state index contributed by atoms with van der Waals surface area (Å²) in [5, 5.41) is 0. The Morgan fingerprint density at radius 1 is 1.47 bits per heavy atom. The first-order chi connectivity index (χ1) is 8.02. The lowest BCUT2D eigenvalue weighted by atomic mass is 9.94. The van der Waals surface area contributed by atoms with Gasteiger partial charge in [-0.25, -0.2) is 0 Å². The molecule has 0 spiro atoms. The molecule has 3 unspecified atom stereocenters. The first-order valence-corrected chi connectivity index (χ1v) is 6.71. The van der Waals surface area contributed by atoms with E-state index in [2.05, 4.69) is 25.7 Å². The first-order valence-electron chi connectivity index (χ1n) is 6.71. The van der Waals surface area contributed by atoms with Crippen molar-refractivity contribution in [3.8, 4) is 0 Å². The molecule has 0 aliphatic carbocycles. The van der Waals surface area contributed by atoms with Crippen molar-refractivity contribution in [2.75, 3.05) is 32.8 Å². The minimum atomic E-state index is -0.0649. The summed E-state index contributed by atoms with van der Waals surface area (Å²) < 4.78 is 11.4. The Balaban J connectivity index is 2.02. The molecule has 100 valence electrons. The SMILES string of the molecule is CC1CN(C(CN)C2CCOC2)CC(C)(C)O1. The third-order valence-electron chi connectivity index (χ3n) is 3.82. The Hall–Kier alpha value is -0.160. The molecular weight excluding hydrogens is 216 g/mol. The monoisotopic (exact) mass is 242 g/mol. The summed E-state index contributed by atoms with van der Waals surface area (Å²) in [7, 11) is 0. The molecule has 0 aromatic rings. The minimum absolute atomic E-state index is 0.0649. The van der Waals surface area contributed by atoms with Crippen LogP contribution >= 0.6 is 0 Å². The van der Waals surface area contributed by atoms with Gasteiger partial charge in [0.1, 0.15) is 0 Å². The number of rotatable bonds is 3. The van der Waals surface area contributed by atoms with E-state index in [0.717, 1.165) is 39.3 Å². The summed E-state index contributed by atoms with van der Waals surface area (Å²) in [6, 6.07) is 0.447. The van der Waals surface area contributed by atoms with E-state index < -0.39 is 0 Å². The van der Waals surface area contributed by atoms with Crippen LogP contribution in [0.4, 0.5) is 0 Å². The van der Waals surface area contributed by atoms with Gasteiger partial charge in [-0.15, -0.1) is 0 Å². The standard InChI is InChI=1S/C13H26N2O2/c1-10-7-15(9-13(2,3)17-10)12(6-14)11-4-5-16-8-11/h10-12H,4-9,14H2,1-3H3. The van der Waals surface area contributed by atoms with Gasteiger partial charge in [-0.1, -0.05) is 0 Å². The van der Waals surface area contributed by atoms with E-state index in [1.807, 2.05) is 0 Å². The van der Waals surface area contributed by atoms with Crippen LogP contribution in [0, 0.1) is 5.92 Å². The number of morpholine rings is 1. The van der Waals surface area contributed by atoms with Crippen LogP contribution in [0.1, 0.15) is 27.2 Å². The summed E-state index contributed by atoms with van der Waals surface area (Å²) in [5.41, 5.74) is 5.91. The molecule has 0 aromatic heterocycles. The Morgan fingerprint density at radius 2 is 2.24 bits per heavy atom. The molecular formula is C13H26N2O2. The molecule has 2 saturated heterocycles. The van der Waals surface area contributed by atoms with E-state index in [1.165, 1.54) is 0 Å². The number of nitrogens with two attached hydrogens (primary N) is 1. The van der Waals surface area contributed by atoms with E-state index in [0.29, 0.717) is 12.0 Å². The molecule has 0 amide bonds. The third kappa shape index (κ3) is 3.19. The second kappa shape index (κ2) is 5.22. The molecule has 2 aliphatic rings. The molecule has 3 atom stereocenters. The van der Waals surface area contributed by atoms with E-state index in [9.17, 15) is 0 Å². The number of nitrogens with zero attached hydrogens (tertiary/aromatic N) is 1. The van der Waals surface area contributed by atoms with E-state index >= 15 is 0 Å². The van der Waals surface area contributed by atoms with Gasteiger partial charge in [0.05, 0.1) is 18.3 Å². The maximum atomic E-state index is 5.98. The summed E-state index contributed by atoms with van der Waals surface area (Å²) in [6.07, 6.45) is 1.43. The van der Waals surface area contributed by atoms with Gasteiger partial charge in [0.2, 0.25) is 0 Å². The average molecular weight is 242 g/mol. The smallest absolute Gasteiger partial charge is 0.0757 e. The lowest BCUT2D eigenvalue weighted by molar-refractivity contribution is -0.141. The summed E-state index contributed by atoms with van der Waals surface area (Å²) in [4.78, 5) is 2.51.